The normalized spacial score (nSPS) is 18.6. The summed E-state index contributed by atoms with van der Waals surface area (Å²) in [4.78, 5) is 2.33. The summed E-state index contributed by atoms with van der Waals surface area (Å²) >= 11 is 0. The molecular formula is C12H20N4. The van der Waals surface area contributed by atoms with Crippen molar-refractivity contribution in [1.82, 2.24) is 9.91 Å². The zero-order chi connectivity index (χ0) is 11.5. The number of hydrogen-bond donors (Lipinski definition) is 2. The lowest BCUT2D eigenvalue weighted by Gasteiger charge is -2.33. The highest BCUT2D eigenvalue weighted by atomic mass is 15.5. The summed E-state index contributed by atoms with van der Waals surface area (Å²) in [7, 11) is 2.15. The smallest absolute Gasteiger partial charge is 0.0722 e. The molecule has 0 bridgehead atoms. The van der Waals surface area contributed by atoms with Crippen LogP contribution in [0.4, 0.5) is 11.4 Å². The summed E-state index contributed by atoms with van der Waals surface area (Å²) in [6, 6.07) is 6.08. The van der Waals surface area contributed by atoms with Crippen molar-refractivity contribution in [2.75, 3.05) is 44.4 Å². The zero-order valence-corrected chi connectivity index (χ0v) is 10.0. The first-order valence-electron chi connectivity index (χ1n) is 5.71. The highest BCUT2D eigenvalue weighted by molar-refractivity contribution is 5.66. The van der Waals surface area contributed by atoms with Crippen LogP contribution < -0.4 is 11.2 Å². The molecule has 0 atom stereocenters. The van der Waals surface area contributed by atoms with Crippen LogP contribution in [0.2, 0.25) is 0 Å². The Labute approximate surface area is 97.0 Å². The molecule has 4 nitrogen and oxygen atoms in total. The second-order valence-corrected chi connectivity index (χ2v) is 4.49. The lowest BCUT2D eigenvalue weighted by Crippen LogP contribution is -2.47. The molecular weight excluding hydrogens is 200 g/mol. The summed E-state index contributed by atoms with van der Waals surface area (Å²) in [6.45, 7) is 6.33. The Morgan fingerprint density at radius 2 is 1.88 bits per heavy atom. The van der Waals surface area contributed by atoms with Gasteiger partial charge in [-0.05, 0) is 31.7 Å². The summed E-state index contributed by atoms with van der Waals surface area (Å²) in [5, 5.41) is 2.23. The predicted molar refractivity (Wildman–Crippen MR) is 68.3 cm³/mol. The third-order valence-electron chi connectivity index (χ3n) is 2.99. The van der Waals surface area contributed by atoms with Gasteiger partial charge in [0, 0.05) is 26.2 Å². The lowest BCUT2D eigenvalue weighted by atomic mass is 10.2. The van der Waals surface area contributed by atoms with Crippen LogP contribution in [0.15, 0.2) is 18.2 Å². The standard InChI is InChI=1S/C12H20N4/c1-10-3-4-11(13)12(9-10)14-16-7-5-15(2)6-8-16/h3-4,9,14H,5-8,13H2,1-2H3. The van der Waals surface area contributed by atoms with Gasteiger partial charge in [-0.25, -0.2) is 5.01 Å². The Kier molecular flexibility index (Phi) is 3.31. The highest BCUT2D eigenvalue weighted by Gasteiger charge is 2.14. The minimum absolute atomic E-state index is 0.810. The zero-order valence-electron chi connectivity index (χ0n) is 10.0. The fourth-order valence-corrected chi connectivity index (χ4v) is 1.86. The van der Waals surface area contributed by atoms with Gasteiger partial charge in [-0.2, -0.15) is 0 Å². The highest BCUT2D eigenvalue weighted by Crippen LogP contribution is 2.20. The van der Waals surface area contributed by atoms with E-state index in [9.17, 15) is 0 Å². The van der Waals surface area contributed by atoms with Crippen LogP contribution in [0.3, 0.4) is 0 Å². The van der Waals surface area contributed by atoms with Crippen molar-refractivity contribution in [3.63, 3.8) is 0 Å². The SMILES string of the molecule is Cc1ccc(N)c(NN2CCN(C)CC2)c1. The fourth-order valence-electron chi connectivity index (χ4n) is 1.86. The minimum Gasteiger partial charge on any atom is -0.397 e. The molecule has 1 saturated heterocycles. The number of likely N-dealkylation sites (N-methyl/N-ethyl adjacent to an activating group) is 1. The van der Waals surface area contributed by atoms with Crippen LogP contribution >= 0.6 is 0 Å². The maximum Gasteiger partial charge on any atom is 0.0722 e. The molecule has 1 aliphatic heterocycles. The van der Waals surface area contributed by atoms with Crippen molar-refractivity contribution in [2.45, 2.75) is 6.92 Å². The van der Waals surface area contributed by atoms with Gasteiger partial charge in [0.25, 0.3) is 0 Å². The summed E-state index contributed by atoms with van der Waals surface area (Å²) < 4.78 is 0. The topological polar surface area (TPSA) is 44.5 Å². The van der Waals surface area contributed by atoms with Gasteiger partial charge in [-0.3, -0.25) is 0 Å². The van der Waals surface area contributed by atoms with Crippen LogP contribution in [0.5, 0.6) is 0 Å². The predicted octanol–water partition coefficient (Wildman–Crippen LogP) is 1.15. The summed E-state index contributed by atoms with van der Waals surface area (Å²) in [5.41, 5.74) is 12.4. The van der Waals surface area contributed by atoms with E-state index in [4.69, 9.17) is 5.73 Å². The van der Waals surface area contributed by atoms with E-state index in [1.807, 2.05) is 12.1 Å². The second kappa shape index (κ2) is 4.72. The van der Waals surface area contributed by atoms with Crippen LogP contribution in [-0.4, -0.2) is 43.1 Å². The van der Waals surface area contributed by atoms with E-state index >= 15 is 0 Å². The fraction of sp³-hybridized carbons (Fsp3) is 0.500. The molecule has 0 radical (unpaired) electrons. The third-order valence-corrected chi connectivity index (χ3v) is 2.99. The summed E-state index contributed by atoms with van der Waals surface area (Å²) in [5.74, 6) is 0. The first-order chi connectivity index (χ1) is 7.65. The van der Waals surface area contributed by atoms with E-state index in [-0.39, 0.29) is 0 Å². The number of nitrogens with two attached hydrogens (primary N) is 1. The molecule has 0 amide bonds. The molecule has 4 heteroatoms. The molecule has 1 heterocycles. The maximum absolute atomic E-state index is 5.93. The molecule has 1 aromatic carbocycles. The van der Waals surface area contributed by atoms with E-state index < -0.39 is 0 Å². The van der Waals surface area contributed by atoms with E-state index in [0.29, 0.717) is 0 Å². The molecule has 0 unspecified atom stereocenters. The van der Waals surface area contributed by atoms with E-state index in [1.54, 1.807) is 0 Å². The Hall–Kier alpha value is -1.26. The number of hydrazine groups is 1. The Bertz CT molecular complexity index is 356. The average molecular weight is 220 g/mol. The van der Waals surface area contributed by atoms with Crippen molar-refractivity contribution in [3.8, 4) is 0 Å². The molecule has 0 saturated carbocycles. The largest absolute Gasteiger partial charge is 0.397 e. The van der Waals surface area contributed by atoms with Crippen LogP contribution in [-0.2, 0) is 0 Å². The molecule has 2 rings (SSSR count). The van der Waals surface area contributed by atoms with Crippen LogP contribution in [0.25, 0.3) is 0 Å². The van der Waals surface area contributed by atoms with Gasteiger partial charge in [-0.15, -0.1) is 0 Å². The van der Waals surface area contributed by atoms with Gasteiger partial charge in [-0.1, -0.05) is 6.07 Å². The molecule has 1 fully saturated rings. The van der Waals surface area contributed by atoms with Gasteiger partial charge in [0.1, 0.15) is 0 Å². The number of aryl methyl sites for hydroxylation is 1. The Balaban J connectivity index is 2.00. The molecule has 1 aromatic rings. The lowest BCUT2D eigenvalue weighted by molar-refractivity contribution is 0.179. The number of piperazine rings is 1. The van der Waals surface area contributed by atoms with E-state index in [1.165, 1.54) is 5.56 Å². The van der Waals surface area contributed by atoms with E-state index in [2.05, 4.69) is 35.4 Å². The van der Waals surface area contributed by atoms with Gasteiger partial charge >= 0.3 is 0 Å². The number of benzene rings is 1. The molecule has 0 aliphatic carbocycles. The molecule has 0 spiro atoms. The van der Waals surface area contributed by atoms with E-state index in [0.717, 1.165) is 37.6 Å². The monoisotopic (exact) mass is 220 g/mol. The third kappa shape index (κ3) is 2.65. The molecule has 16 heavy (non-hydrogen) atoms. The van der Waals surface area contributed by atoms with Crippen molar-refractivity contribution >= 4 is 11.4 Å². The van der Waals surface area contributed by atoms with Gasteiger partial charge in [0.2, 0.25) is 0 Å². The first kappa shape index (κ1) is 11.2. The van der Waals surface area contributed by atoms with Crippen molar-refractivity contribution in [2.24, 2.45) is 0 Å². The molecule has 88 valence electrons. The van der Waals surface area contributed by atoms with Crippen LogP contribution in [0, 0.1) is 6.92 Å². The van der Waals surface area contributed by atoms with Gasteiger partial charge in [0.15, 0.2) is 0 Å². The minimum atomic E-state index is 0.810. The maximum atomic E-state index is 5.93. The number of nitrogens with one attached hydrogen (secondary N) is 1. The Morgan fingerprint density at radius 3 is 2.56 bits per heavy atom. The van der Waals surface area contributed by atoms with Crippen molar-refractivity contribution in [1.29, 1.82) is 0 Å². The molecule has 3 N–H and O–H groups in total. The number of anilines is 2. The number of nitrogens with zero attached hydrogens (tertiary/aromatic N) is 2. The Morgan fingerprint density at radius 1 is 1.19 bits per heavy atom. The number of rotatable bonds is 2. The van der Waals surface area contributed by atoms with Gasteiger partial charge < -0.3 is 16.1 Å². The summed E-state index contributed by atoms with van der Waals surface area (Å²) in [6.07, 6.45) is 0. The molecule has 1 aliphatic rings. The number of hydrogen-bond acceptors (Lipinski definition) is 4. The van der Waals surface area contributed by atoms with Crippen LogP contribution in [0.1, 0.15) is 5.56 Å². The molecule has 0 aromatic heterocycles. The second-order valence-electron chi connectivity index (χ2n) is 4.49. The van der Waals surface area contributed by atoms with Crippen molar-refractivity contribution < 1.29 is 0 Å². The van der Waals surface area contributed by atoms with Gasteiger partial charge in [0.05, 0.1) is 11.4 Å². The number of nitrogen functional groups attached to an aromatic ring is 1. The quantitative estimate of drug-likeness (QED) is 0.734. The average Bonchev–Trinajstić information content (AvgIpc) is 2.27. The first-order valence-corrected chi connectivity index (χ1v) is 5.71. The van der Waals surface area contributed by atoms with Crippen molar-refractivity contribution in [3.05, 3.63) is 23.8 Å².